The van der Waals surface area contributed by atoms with Gasteiger partial charge in [-0.2, -0.15) is 0 Å². The summed E-state index contributed by atoms with van der Waals surface area (Å²) < 4.78 is 0. The minimum absolute atomic E-state index is 0.0175. The number of hydrogen-bond donors (Lipinski definition) is 2. The first kappa shape index (κ1) is 17.7. The number of carbonyl (C=O) groups is 1. The van der Waals surface area contributed by atoms with Gasteiger partial charge in [-0.15, -0.1) is 0 Å². The molecule has 0 bridgehead atoms. The van der Waals surface area contributed by atoms with Crippen LogP contribution < -0.4 is 11.1 Å². The average Bonchev–Trinajstić information content (AvgIpc) is 2.49. The lowest BCUT2D eigenvalue weighted by Gasteiger charge is -2.35. The third-order valence-electron chi connectivity index (χ3n) is 3.83. The Morgan fingerprint density at radius 2 is 1.90 bits per heavy atom. The Balaban J connectivity index is 3.07. The molecule has 0 aliphatic carbocycles. The molecule has 4 nitrogen and oxygen atoms in total. The minimum atomic E-state index is 0.0175. The van der Waals surface area contributed by atoms with Crippen LogP contribution in [0.1, 0.15) is 43.9 Å². The fourth-order valence-electron chi connectivity index (χ4n) is 2.58. The molecule has 0 aliphatic heterocycles. The van der Waals surface area contributed by atoms with Crippen LogP contribution in [-0.2, 0) is 4.79 Å². The summed E-state index contributed by atoms with van der Waals surface area (Å²) in [7, 11) is 1.67. The first-order valence-corrected chi connectivity index (χ1v) is 7.80. The highest BCUT2D eigenvalue weighted by atomic mass is 16.1. The zero-order valence-corrected chi connectivity index (χ0v) is 13.7. The highest BCUT2D eigenvalue weighted by molar-refractivity contribution is 5.77. The summed E-state index contributed by atoms with van der Waals surface area (Å²) in [6.45, 7) is 7.54. The van der Waals surface area contributed by atoms with E-state index in [0.717, 1.165) is 19.4 Å². The lowest BCUT2D eigenvalue weighted by Crippen LogP contribution is -2.45. The first-order valence-electron chi connectivity index (χ1n) is 7.80. The number of amides is 1. The van der Waals surface area contributed by atoms with Crippen molar-refractivity contribution in [3.8, 4) is 0 Å². The predicted molar refractivity (Wildman–Crippen MR) is 88.1 cm³/mol. The number of aryl methyl sites for hydroxylation is 1. The van der Waals surface area contributed by atoms with E-state index in [9.17, 15) is 4.79 Å². The van der Waals surface area contributed by atoms with Gasteiger partial charge in [0, 0.05) is 13.1 Å². The van der Waals surface area contributed by atoms with Crippen molar-refractivity contribution < 1.29 is 4.79 Å². The highest BCUT2D eigenvalue weighted by Gasteiger charge is 2.26. The fourth-order valence-corrected chi connectivity index (χ4v) is 2.58. The van der Waals surface area contributed by atoms with Crippen LogP contribution in [0.15, 0.2) is 24.3 Å². The summed E-state index contributed by atoms with van der Waals surface area (Å²) in [6, 6.07) is 8.56. The molecule has 0 saturated heterocycles. The van der Waals surface area contributed by atoms with Crippen molar-refractivity contribution in [2.75, 3.05) is 20.1 Å². The lowest BCUT2D eigenvalue weighted by molar-refractivity contribution is -0.122. The molecule has 2 unspecified atom stereocenters. The van der Waals surface area contributed by atoms with E-state index < -0.39 is 0 Å². The van der Waals surface area contributed by atoms with Crippen molar-refractivity contribution >= 4 is 5.91 Å². The number of nitrogens with one attached hydrogen (secondary N) is 1. The molecule has 0 fully saturated rings. The number of rotatable bonds is 8. The third kappa shape index (κ3) is 5.14. The summed E-state index contributed by atoms with van der Waals surface area (Å²) in [5.74, 6) is 0.0314. The zero-order valence-electron chi connectivity index (χ0n) is 13.7. The molecule has 0 aromatic heterocycles. The zero-order chi connectivity index (χ0) is 15.8. The van der Waals surface area contributed by atoms with E-state index in [2.05, 4.69) is 55.3 Å². The molecule has 0 saturated carbocycles. The number of hydrogen-bond acceptors (Lipinski definition) is 3. The molecule has 3 N–H and O–H groups in total. The summed E-state index contributed by atoms with van der Waals surface area (Å²) >= 11 is 0. The minimum Gasteiger partial charge on any atom is -0.358 e. The quantitative estimate of drug-likeness (QED) is 0.772. The highest BCUT2D eigenvalue weighted by Crippen LogP contribution is 2.25. The van der Waals surface area contributed by atoms with Crippen LogP contribution in [0.2, 0.25) is 0 Å². The van der Waals surface area contributed by atoms with Crippen molar-refractivity contribution in [3.05, 3.63) is 35.4 Å². The van der Waals surface area contributed by atoms with Gasteiger partial charge < -0.3 is 11.1 Å². The fraction of sp³-hybridized carbons (Fsp3) is 0.588. The number of likely N-dealkylation sites (N-methyl/N-ethyl adjacent to an activating group) is 1. The maximum Gasteiger partial charge on any atom is 0.233 e. The van der Waals surface area contributed by atoms with Gasteiger partial charge in [0.25, 0.3) is 0 Å². The number of nitrogens with zero attached hydrogens (tertiary/aromatic N) is 1. The van der Waals surface area contributed by atoms with Crippen molar-refractivity contribution in [1.29, 1.82) is 0 Å². The van der Waals surface area contributed by atoms with Gasteiger partial charge >= 0.3 is 0 Å². The maximum absolute atomic E-state index is 11.8. The van der Waals surface area contributed by atoms with Gasteiger partial charge in [-0.3, -0.25) is 9.69 Å². The van der Waals surface area contributed by atoms with Crippen LogP contribution in [0.5, 0.6) is 0 Å². The molecule has 118 valence electrons. The van der Waals surface area contributed by atoms with E-state index in [0.29, 0.717) is 6.54 Å². The van der Waals surface area contributed by atoms with Crippen molar-refractivity contribution in [2.45, 2.75) is 45.7 Å². The Labute approximate surface area is 128 Å². The number of carbonyl (C=O) groups excluding carboxylic acids is 1. The van der Waals surface area contributed by atoms with Crippen molar-refractivity contribution in [1.82, 2.24) is 10.2 Å². The van der Waals surface area contributed by atoms with E-state index in [1.807, 2.05) is 0 Å². The monoisotopic (exact) mass is 291 g/mol. The van der Waals surface area contributed by atoms with E-state index in [-0.39, 0.29) is 18.0 Å². The van der Waals surface area contributed by atoms with Crippen LogP contribution in [0.3, 0.4) is 0 Å². The molecule has 2 atom stereocenters. The smallest absolute Gasteiger partial charge is 0.233 e. The van der Waals surface area contributed by atoms with E-state index in [1.54, 1.807) is 7.05 Å². The Morgan fingerprint density at radius 3 is 2.38 bits per heavy atom. The second-order valence-corrected chi connectivity index (χ2v) is 5.57. The summed E-state index contributed by atoms with van der Waals surface area (Å²) in [4.78, 5) is 14.0. The topological polar surface area (TPSA) is 58.4 Å². The third-order valence-corrected chi connectivity index (χ3v) is 3.83. The van der Waals surface area contributed by atoms with Gasteiger partial charge in [0.2, 0.25) is 5.91 Å². The molecule has 0 heterocycles. The standard InChI is InChI=1S/C17H29N3O/c1-5-11-20(12-16(21)19-4)17(15(18)6-2)14-9-7-13(3)8-10-14/h7-10,15,17H,5-6,11-12,18H2,1-4H3,(H,19,21). The molecule has 0 spiro atoms. The Morgan fingerprint density at radius 1 is 1.29 bits per heavy atom. The van der Waals surface area contributed by atoms with Crippen molar-refractivity contribution in [2.24, 2.45) is 5.73 Å². The molecule has 4 heteroatoms. The molecule has 1 amide bonds. The van der Waals surface area contributed by atoms with E-state index in [4.69, 9.17) is 5.73 Å². The van der Waals surface area contributed by atoms with Gasteiger partial charge in [0.1, 0.15) is 0 Å². The SMILES string of the molecule is CCCN(CC(=O)NC)C(c1ccc(C)cc1)C(N)CC. The van der Waals surface area contributed by atoms with E-state index >= 15 is 0 Å². The van der Waals surface area contributed by atoms with Gasteiger partial charge in [0.05, 0.1) is 12.6 Å². The second-order valence-electron chi connectivity index (χ2n) is 5.57. The molecule has 1 rings (SSSR count). The maximum atomic E-state index is 11.8. The molecule has 1 aromatic rings. The summed E-state index contributed by atoms with van der Waals surface area (Å²) in [5, 5.41) is 2.70. The van der Waals surface area contributed by atoms with Crippen LogP contribution in [-0.4, -0.2) is 37.0 Å². The molecule has 0 aliphatic rings. The summed E-state index contributed by atoms with van der Waals surface area (Å²) in [5.41, 5.74) is 8.78. The molecule has 1 aromatic carbocycles. The Hall–Kier alpha value is -1.39. The van der Waals surface area contributed by atoms with Crippen LogP contribution in [0.25, 0.3) is 0 Å². The van der Waals surface area contributed by atoms with Gasteiger partial charge in [-0.25, -0.2) is 0 Å². The normalized spacial score (nSPS) is 14.0. The second kappa shape index (κ2) is 8.80. The number of nitrogens with two attached hydrogens (primary N) is 1. The van der Waals surface area contributed by atoms with Crippen LogP contribution >= 0.6 is 0 Å². The average molecular weight is 291 g/mol. The van der Waals surface area contributed by atoms with Crippen LogP contribution in [0.4, 0.5) is 0 Å². The summed E-state index contributed by atoms with van der Waals surface area (Å²) in [6.07, 6.45) is 1.88. The molecular weight excluding hydrogens is 262 g/mol. The largest absolute Gasteiger partial charge is 0.358 e. The molecular formula is C17H29N3O. The number of benzene rings is 1. The van der Waals surface area contributed by atoms with Gasteiger partial charge in [-0.1, -0.05) is 43.7 Å². The van der Waals surface area contributed by atoms with Crippen molar-refractivity contribution in [3.63, 3.8) is 0 Å². The van der Waals surface area contributed by atoms with E-state index in [1.165, 1.54) is 11.1 Å². The van der Waals surface area contributed by atoms with Crippen LogP contribution in [0, 0.1) is 6.92 Å². The predicted octanol–water partition coefficient (Wildman–Crippen LogP) is 2.23. The van der Waals surface area contributed by atoms with Gasteiger partial charge in [-0.05, 0) is 31.9 Å². The Bertz CT molecular complexity index is 430. The van der Waals surface area contributed by atoms with Gasteiger partial charge in [0.15, 0.2) is 0 Å². The Kier molecular flexibility index (Phi) is 7.40. The first-order chi connectivity index (χ1) is 10.0. The lowest BCUT2D eigenvalue weighted by atomic mass is 9.95. The molecule has 21 heavy (non-hydrogen) atoms. The molecule has 0 radical (unpaired) electrons.